The fourth-order valence-electron chi connectivity index (χ4n) is 1.75. The Kier molecular flexibility index (Phi) is 5.40. The summed E-state index contributed by atoms with van der Waals surface area (Å²) < 4.78 is 0. The Morgan fingerprint density at radius 2 is 2.29 bits per heavy atom. The molecule has 0 saturated heterocycles. The number of thiophene rings is 1. The highest BCUT2D eigenvalue weighted by Crippen LogP contribution is 2.26. The molecule has 2 rings (SSSR count). The highest BCUT2D eigenvalue weighted by atomic mass is 35.5. The molecule has 0 aliphatic heterocycles. The Bertz CT molecular complexity index is 713. The first-order chi connectivity index (χ1) is 10.1. The Morgan fingerprint density at radius 3 is 2.95 bits per heavy atom. The summed E-state index contributed by atoms with van der Waals surface area (Å²) in [7, 11) is 0. The van der Waals surface area contributed by atoms with Crippen molar-refractivity contribution in [1.29, 1.82) is 0 Å². The summed E-state index contributed by atoms with van der Waals surface area (Å²) in [6.45, 7) is 2.11. The molecular weight excluding hydrogens is 306 g/mol. The summed E-state index contributed by atoms with van der Waals surface area (Å²) in [5, 5.41) is 13.9. The van der Waals surface area contributed by atoms with Gasteiger partial charge in [0.1, 0.15) is 11.5 Å². The molecule has 1 amide bonds. The average Bonchev–Trinajstić information content (AvgIpc) is 2.83. The zero-order valence-electron chi connectivity index (χ0n) is 11.4. The molecule has 108 valence electrons. The van der Waals surface area contributed by atoms with Crippen molar-refractivity contribution in [2.24, 2.45) is 0 Å². The number of rotatable bonds is 3. The first-order valence-corrected chi connectivity index (χ1v) is 7.58. The maximum atomic E-state index is 12.1. The van der Waals surface area contributed by atoms with Crippen LogP contribution in [-0.2, 0) is 6.54 Å². The number of nitrogens with one attached hydrogen (secondary N) is 1. The predicted octanol–water partition coefficient (Wildman–Crippen LogP) is 2.98. The van der Waals surface area contributed by atoms with Gasteiger partial charge in [0.25, 0.3) is 5.91 Å². The van der Waals surface area contributed by atoms with E-state index >= 15 is 0 Å². The lowest BCUT2D eigenvalue weighted by Gasteiger charge is -2.05. The summed E-state index contributed by atoms with van der Waals surface area (Å²) in [6, 6.07) is 7.51. The molecule has 5 heteroatoms. The third-order valence-electron chi connectivity index (χ3n) is 2.80. The number of aliphatic hydroxyl groups excluding tert-OH is 1. The Labute approximate surface area is 132 Å². The lowest BCUT2D eigenvalue weighted by molar-refractivity contribution is 0.0955. The number of aryl methyl sites for hydroxylation is 1. The fraction of sp³-hybridized carbons (Fsp3) is 0.188. The van der Waals surface area contributed by atoms with Gasteiger partial charge in [-0.25, -0.2) is 0 Å². The highest BCUT2D eigenvalue weighted by Gasteiger charge is 2.14. The molecule has 3 nitrogen and oxygen atoms in total. The van der Waals surface area contributed by atoms with E-state index in [1.165, 1.54) is 11.3 Å². The van der Waals surface area contributed by atoms with E-state index in [1.54, 1.807) is 0 Å². The molecule has 0 spiro atoms. The Balaban J connectivity index is 2.03. The first-order valence-electron chi connectivity index (χ1n) is 6.32. The second-order valence-corrected chi connectivity index (χ2v) is 5.66. The van der Waals surface area contributed by atoms with Gasteiger partial charge in [-0.15, -0.1) is 11.3 Å². The maximum Gasteiger partial charge on any atom is 0.263 e. The molecule has 0 unspecified atom stereocenters. The van der Waals surface area contributed by atoms with E-state index in [4.69, 9.17) is 16.7 Å². The summed E-state index contributed by atoms with van der Waals surface area (Å²) in [5.74, 6) is 5.25. The summed E-state index contributed by atoms with van der Waals surface area (Å²) >= 11 is 7.42. The van der Waals surface area contributed by atoms with E-state index in [0.717, 1.165) is 16.7 Å². The lowest BCUT2D eigenvalue weighted by atomic mass is 10.1. The lowest BCUT2D eigenvalue weighted by Crippen LogP contribution is -2.22. The van der Waals surface area contributed by atoms with E-state index in [-0.39, 0.29) is 12.5 Å². The van der Waals surface area contributed by atoms with Gasteiger partial charge in [-0.2, -0.15) is 0 Å². The van der Waals surface area contributed by atoms with Crippen LogP contribution in [-0.4, -0.2) is 17.6 Å². The van der Waals surface area contributed by atoms with Crippen molar-refractivity contribution >= 4 is 28.8 Å². The van der Waals surface area contributed by atoms with Crippen molar-refractivity contribution < 1.29 is 9.90 Å². The minimum absolute atomic E-state index is 0.169. The van der Waals surface area contributed by atoms with Gasteiger partial charge in [-0.05, 0) is 35.6 Å². The molecule has 2 aromatic rings. The number of carbonyl (C=O) groups excluding carboxylic acids is 1. The van der Waals surface area contributed by atoms with Gasteiger partial charge in [0.15, 0.2) is 0 Å². The Morgan fingerprint density at radius 1 is 1.48 bits per heavy atom. The molecule has 0 radical (unpaired) electrons. The second kappa shape index (κ2) is 7.28. The van der Waals surface area contributed by atoms with Crippen LogP contribution in [0.4, 0.5) is 0 Å². The average molecular weight is 320 g/mol. The number of halogens is 1. The van der Waals surface area contributed by atoms with Gasteiger partial charge in [-0.3, -0.25) is 4.79 Å². The molecule has 0 fully saturated rings. The minimum atomic E-state index is -0.176. The monoisotopic (exact) mass is 319 g/mol. The Hall–Kier alpha value is -1.80. The van der Waals surface area contributed by atoms with Crippen molar-refractivity contribution in [3.05, 3.63) is 56.2 Å². The largest absolute Gasteiger partial charge is 0.384 e. The number of carbonyl (C=O) groups is 1. The quantitative estimate of drug-likeness (QED) is 0.855. The van der Waals surface area contributed by atoms with Gasteiger partial charge < -0.3 is 10.4 Å². The van der Waals surface area contributed by atoms with Crippen LogP contribution in [0.15, 0.2) is 29.6 Å². The molecule has 0 aliphatic carbocycles. The van der Waals surface area contributed by atoms with Gasteiger partial charge in [-0.1, -0.05) is 35.6 Å². The molecule has 0 saturated carbocycles. The number of benzene rings is 1. The highest BCUT2D eigenvalue weighted by molar-refractivity contribution is 7.13. The molecule has 0 atom stereocenters. The zero-order valence-corrected chi connectivity index (χ0v) is 13.0. The van der Waals surface area contributed by atoms with Gasteiger partial charge in [0.2, 0.25) is 0 Å². The van der Waals surface area contributed by atoms with Crippen molar-refractivity contribution in [2.75, 3.05) is 6.61 Å². The van der Waals surface area contributed by atoms with E-state index in [1.807, 2.05) is 36.6 Å². The van der Waals surface area contributed by atoms with Crippen LogP contribution in [0, 0.1) is 18.8 Å². The smallest absolute Gasteiger partial charge is 0.263 e. The van der Waals surface area contributed by atoms with Gasteiger partial charge >= 0.3 is 0 Å². The molecule has 1 heterocycles. The predicted molar refractivity (Wildman–Crippen MR) is 85.6 cm³/mol. The minimum Gasteiger partial charge on any atom is -0.384 e. The van der Waals surface area contributed by atoms with E-state index in [9.17, 15) is 4.79 Å². The van der Waals surface area contributed by atoms with Crippen LogP contribution < -0.4 is 5.32 Å². The molecular formula is C16H14ClNO2S. The first kappa shape index (κ1) is 15.6. The second-order valence-electron chi connectivity index (χ2n) is 4.40. The molecule has 1 aromatic carbocycles. The maximum absolute atomic E-state index is 12.1. The van der Waals surface area contributed by atoms with Crippen molar-refractivity contribution in [1.82, 2.24) is 5.32 Å². The van der Waals surface area contributed by atoms with Crippen molar-refractivity contribution in [3.8, 4) is 11.8 Å². The van der Waals surface area contributed by atoms with Crippen molar-refractivity contribution in [3.63, 3.8) is 0 Å². The number of amides is 1. The van der Waals surface area contributed by atoms with Crippen LogP contribution >= 0.6 is 22.9 Å². The third-order valence-corrected chi connectivity index (χ3v) is 4.49. The van der Waals surface area contributed by atoms with Crippen LogP contribution in [0.5, 0.6) is 0 Å². The topological polar surface area (TPSA) is 49.3 Å². The molecule has 2 N–H and O–H groups in total. The molecule has 1 aromatic heterocycles. The van der Waals surface area contributed by atoms with Crippen LogP contribution in [0.3, 0.4) is 0 Å². The van der Waals surface area contributed by atoms with Crippen LogP contribution in [0.2, 0.25) is 5.02 Å². The van der Waals surface area contributed by atoms with Gasteiger partial charge in [0.05, 0.1) is 5.02 Å². The van der Waals surface area contributed by atoms with Gasteiger partial charge in [0, 0.05) is 12.1 Å². The standard InChI is InChI=1S/C16H14ClNO2S/c1-11-10-21-15(14(11)17)16(20)18-9-13-5-2-4-12(8-13)6-3-7-19/h2,4-5,8,10,19H,7,9H2,1H3,(H,18,20). The third kappa shape index (κ3) is 4.08. The summed E-state index contributed by atoms with van der Waals surface area (Å²) in [6.07, 6.45) is 0. The fourth-order valence-corrected chi connectivity index (χ4v) is 2.94. The number of hydrogen-bond donors (Lipinski definition) is 2. The normalized spacial score (nSPS) is 9.86. The zero-order chi connectivity index (χ0) is 15.2. The molecule has 0 bridgehead atoms. The van der Waals surface area contributed by atoms with Crippen LogP contribution in [0.25, 0.3) is 0 Å². The number of hydrogen-bond acceptors (Lipinski definition) is 3. The number of aliphatic hydroxyl groups is 1. The SMILES string of the molecule is Cc1csc(C(=O)NCc2cccc(C#CCO)c2)c1Cl. The summed E-state index contributed by atoms with van der Waals surface area (Å²) in [4.78, 5) is 12.6. The van der Waals surface area contributed by atoms with E-state index in [0.29, 0.717) is 16.4 Å². The molecule has 0 aliphatic rings. The molecule has 21 heavy (non-hydrogen) atoms. The van der Waals surface area contributed by atoms with E-state index < -0.39 is 0 Å². The van der Waals surface area contributed by atoms with E-state index in [2.05, 4.69) is 17.2 Å². The van der Waals surface area contributed by atoms with Crippen molar-refractivity contribution in [2.45, 2.75) is 13.5 Å². The summed E-state index contributed by atoms with van der Waals surface area (Å²) in [5.41, 5.74) is 2.66. The van der Waals surface area contributed by atoms with Crippen LogP contribution in [0.1, 0.15) is 26.4 Å².